The maximum atomic E-state index is 13.0. The number of hydrogen-bond donors (Lipinski definition) is 2. The molecule has 140 valence electrons. The number of nitrogens with zero attached hydrogens (tertiary/aromatic N) is 2. The molecule has 1 aliphatic carbocycles. The molecule has 1 aromatic rings. The van der Waals surface area contributed by atoms with Gasteiger partial charge in [-0.1, -0.05) is 55.3 Å². The molecule has 5 nitrogen and oxygen atoms in total. The monoisotopic (exact) mass is 354 g/mol. The average molecular weight is 354 g/mol. The molecule has 2 aliphatic heterocycles. The maximum Gasteiger partial charge on any atom is 0.241 e. The summed E-state index contributed by atoms with van der Waals surface area (Å²) >= 11 is 0. The van der Waals surface area contributed by atoms with Gasteiger partial charge in [0.05, 0.1) is 0 Å². The summed E-state index contributed by atoms with van der Waals surface area (Å²) in [6.45, 7) is 4.55. The van der Waals surface area contributed by atoms with Crippen LogP contribution in [0, 0.1) is 5.92 Å². The summed E-state index contributed by atoms with van der Waals surface area (Å²) < 4.78 is 0. The van der Waals surface area contributed by atoms with Gasteiger partial charge >= 0.3 is 0 Å². The Bertz CT molecular complexity index is 624. The summed E-state index contributed by atoms with van der Waals surface area (Å²) in [5.41, 5.74) is 7.90. The Labute approximate surface area is 156 Å². The van der Waals surface area contributed by atoms with E-state index in [4.69, 9.17) is 0 Å². The van der Waals surface area contributed by atoms with Crippen LogP contribution in [-0.4, -0.2) is 60.5 Å². The summed E-state index contributed by atoms with van der Waals surface area (Å²) in [5, 5.41) is 0. The third-order valence-corrected chi connectivity index (χ3v) is 6.10. The van der Waals surface area contributed by atoms with E-state index < -0.39 is 0 Å². The normalized spacial score (nSPS) is 29.8. The summed E-state index contributed by atoms with van der Waals surface area (Å²) in [7, 11) is 0. The Morgan fingerprint density at radius 1 is 1.04 bits per heavy atom. The zero-order valence-electron chi connectivity index (χ0n) is 15.4. The summed E-state index contributed by atoms with van der Waals surface area (Å²) in [5.74, 6) is 0.773. The number of benzene rings is 1. The number of carbonyl (C=O) groups excluding carboxylic acids is 1. The average Bonchev–Trinajstić information content (AvgIpc) is 3.13. The second kappa shape index (κ2) is 8.33. The molecule has 1 saturated carbocycles. The largest absolute Gasteiger partial charge is 0.339 e. The number of fused-ring (bicyclic) bond motifs is 1. The SMILES string of the molecule is O=C(C1NNC2CCCCC21)N1CCN(C/C=C/c2ccccc2)CC1. The van der Waals surface area contributed by atoms with Crippen molar-refractivity contribution in [3.8, 4) is 0 Å². The van der Waals surface area contributed by atoms with Crippen LogP contribution in [0.15, 0.2) is 36.4 Å². The fourth-order valence-corrected chi connectivity index (χ4v) is 4.54. The van der Waals surface area contributed by atoms with E-state index in [1.165, 1.54) is 31.2 Å². The minimum atomic E-state index is -0.0233. The van der Waals surface area contributed by atoms with Gasteiger partial charge in [-0.25, -0.2) is 5.43 Å². The molecule has 2 saturated heterocycles. The first-order valence-corrected chi connectivity index (χ1v) is 10.0. The molecule has 2 heterocycles. The van der Waals surface area contributed by atoms with Gasteiger partial charge in [0.1, 0.15) is 6.04 Å². The molecule has 3 atom stereocenters. The van der Waals surface area contributed by atoms with E-state index in [1.807, 2.05) is 6.07 Å². The zero-order chi connectivity index (χ0) is 17.8. The van der Waals surface area contributed by atoms with Crippen molar-refractivity contribution in [2.24, 2.45) is 5.92 Å². The molecule has 0 radical (unpaired) electrons. The first-order valence-electron chi connectivity index (χ1n) is 10.0. The lowest BCUT2D eigenvalue weighted by Crippen LogP contribution is -2.54. The van der Waals surface area contributed by atoms with Gasteiger partial charge in [-0.2, -0.15) is 0 Å². The van der Waals surface area contributed by atoms with Crippen LogP contribution < -0.4 is 10.9 Å². The Hall–Kier alpha value is -1.69. The highest BCUT2D eigenvalue weighted by Crippen LogP contribution is 2.31. The molecular formula is C21H30N4O. The van der Waals surface area contributed by atoms with E-state index in [0.717, 1.165) is 32.7 Å². The second-order valence-corrected chi connectivity index (χ2v) is 7.76. The predicted octanol–water partition coefficient (Wildman–Crippen LogP) is 1.88. The van der Waals surface area contributed by atoms with Crippen molar-refractivity contribution in [2.75, 3.05) is 32.7 Å². The van der Waals surface area contributed by atoms with Crippen LogP contribution in [0.4, 0.5) is 0 Å². The van der Waals surface area contributed by atoms with Crippen LogP contribution in [0.25, 0.3) is 6.08 Å². The molecule has 3 unspecified atom stereocenters. The van der Waals surface area contributed by atoms with E-state index in [9.17, 15) is 4.79 Å². The van der Waals surface area contributed by atoms with Crippen molar-refractivity contribution < 1.29 is 4.79 Å². The molecular weight excluding hydrogens is 324 g/mol. The third-order valence-electron chi connectivity index (χ3n) is 6.10. The molecule has 3 aliphatic rings. The zero-order valence-corrected chi connectivity index (χ0v) is 15.4. The molecule has 3 fully saturated rings. The Kier molecular flexibility index (Phi) is 5.68. The second-order valence-electron chi connectivity index (χ2n) is 7.76. The lowest BCUT2D eigenvalue weighted by atomic mass is 9.81. The Morgan fingerprint density at radius 3 is 2.62 bits per heavy atom. The smallest absolute Gasteiger partial charge is 0.241 e. The van der Waals surface area contributed by atoms with Crippen molar-refractivity contribution in [3.63, 3.8) is 0 Å². The molecule has 4 rings (SSSR count). The maximum absolute atomic E-state index is 13.0. The Balaban J connectivity index is 1.24. The predicted molar refractivity (Wildman–Crippen MR) is 104 cm³/mol. The van der Waals surface area contributed by atoms with Gasteiger partial charge in [-0.15, -0.1) is 0 Å². The number of piperazine rings is 1. The van der Waals surface area contributed by atoms with Crippen molar-refractivity contribution in [1.82, 2.24) is 20.7 Å². The van der Waals surface area contributed by atoms with Crippen molar-refractivity contribution in [1.29, 1.82) is 0 Å². The van der Waals surface area contributed by atoms with Gasteiger partial charge in [-0.05, 0) is 18.4 Å². The van der Waals surface area contributed by atoms with Crippen LogP contribution in [0.3, 0.4) is 0 Å². The van der Waals surface area contributed by atoms with Crippen molar-refractivity contribution >= 4 is 12.0 Å². The van der Waals surface area contributed by atoms with E-state index >= 15 is 0 Å². The minimum absolute atomic E-state index is 0.0233. The minimum Gasteiger partial charge on any atom is -0.339 e. The van der Waals surface area contributed by atoms with Crippen molar-refractivity contribution in [2.45, 2.75) is 37.8 Å². The van der Waals surface area contributed by atoms with E-state index in [2.05, 4.69) is 57.1 Å². The first kappa shape index (κ1) is 17.7. The highest BCUT2D eigenvalue weighted by atomic mass is 16.2. The highest BCUT2D eigenvalue weighted by Gasteiger charge is 2.42. The molecule has 2 N–H and O–H groups in total. The number of hydrogen-bond acceptors (Lipinski definition) is 4. The number of nitrogens with one attached hydrogen (secondary N) is 2. The first-order chi connectivity index (χ1) is 12.8. The van der Waals surface area contributed by atoms with E-state index in [0.29, 0.717) is 17.9 Å². The molecule has 26 heavy (non-hydrogen) atoms. The van der Waals surface area contributed by atoms with Crippen LogP contribution in [0.1, 0.15) is 31.2 Å². The number of hydrazine groups is 1. The molecule has 1 aromatic carbocycles. The van der Waals surface area contributed by atoms with Gasteiger partial charge in [0.25, 0.3) is 0 Å². The molecule has 1 amide bonds. The molecule has 0 bridgehead atoms. The van der Waals surface area contributed by atoms with Gasteiger partial charge in [0.2, 0.25) is 5.91 Å². The standard InChI is InChI=1S/C21H30N4O/c26-21(20-18-10-4-5-11-19(18)22-23-20)25-15-13-24(14-16-25)12-6-9-17-7-2-1-3-8-17/h1-3,6-9,18-20,22-23H,4-5,10-16H2/b9-6+. The number of rotatable bonds is 4. The quantitative estimate of drug-likeness (QED) is 0.867. The van der Waals surface area contributed by atoms with Crippen molar-refractivity contribution in [3.05, 3.63) is 42.0 Å². The van der Waals surface area contributed by atoms with Crippen LogP contribution in [0.5, 0.6) is 0 Å². The molecule has 0 aromatic heterocycles. The van der Waals surface area contributed by atoms with E-state index in [1.54, 1.807) is 0 Å². The third kappa shape index (κ3) is 4.00. The number of amides is 1. The van der Waals surface area contributed by atoms with E-state index in [-0.39, 0.29) is 6.04 Å². The van der Waals surface area contributed by atoms with Gasteiger partial charge in [0, 0.05) is 44.7 Å². The lowest BCUT2D eigenvalue weighted by Gasteiger charge is -2.36. The Morgan fingerprint density at radius 2 is 1.81 bits per heavy atom. The number of carbonyl (C=O) groups is 1. The van der Waals surface area contributed by atoms with Gasteiger partial charge in [0.15, 0.2) is 0 Å². The fraction of sp³-hybridized carbons (Fsp3) is 0.571. The molecule has 0 spiro atoms. The lowest BCUT2D eigenvalue weighted by molar-refractivity contribution is -0.136. The van der Waals surface area contributed by atoms with Gasteiger partial charge in [-0.3, -0.25) is 15.1 Å². The fourth-order valence-electron chi connectivity index (χ4n) is 4.54. The van der Waals surface area contributed by atoms with Gasteiger partial charge < -0.3 is 4.90 Å². The molecule has 5 heteroatoms. The van der Waals surface area contributed by atoms with Crippen LogP contribution >= 0.6 is 0 Å². The highest BCUT2D eigenvalue weighted by molar-refractivity contribution is 5.82. The summed E-state index contributed by atoms with van der Waals surface area (Å²) in [6.07, 6.45) is 9.31. The van der Waals surface area contributed by atoms with Crippen LogP contribution in [-0.2, 0) is 4.79 Å². The topological polar surface area (TPSA) is 47.6 Å². The van der Waals surface area contributed by atoms with Crippen LogP contribution in [0.2, 0.25) is 0 Å². The summed E-state index contributed by atoms with van der Waals surface area (Å²) in [4.78, 5) is 17.4. The summed E-state index contributed by atoms with van der Waals surface area (Å²) in [6, 6.07) is 10.9.